The van der Waals surface area contributed by atoms with E-state index in [9.17, 15) is 18.4 Å². The van der Waals surface area contributed by atoms with Crippen LogP contribution in [0.25, 0.3) is 4.85 Å². The zero-order valence-electron chi connectivity index (χ0n) is 22.8. The number of carbonyl (C=O) groups excluding carboxylic acids is 2. The molecule has 0 radical (unpaired) electrons. The zero-order chi connectivity index (χ0) is 28.8. The first kappa shape index (κ1) is 28.4. The number of rotatable bonds is 8. The van der Waals surface area contributed by atoms with Gasteiger partial charge in [-0.05, 0) is 73.8 Å². The van der Waals surface area contributed by atoms with E-state index >= 15 is 0 Å². The van der Waals surface area contributed by atoms with Crippen LogP contribution in [0.4, 0.5) is 14.5 Å². The molecule has 212 valence electrons. The van der Waals surface area contributed by atoms with Crippen LogP contribution >= 0.6 is 0 Å². The molecule has 2 aliphatic heterocycles. The molecule has 9 heteroatoms. The molecule has 0 saturated carbocycles. The molecule has 1 amide bonds. The summed E-state index contributed by atoms with van der Waals surface area (Å²) in [5, 5.41) is 0. The van der Waals surface area contributed by atoms with E-state index in [-0.39, 0.29) is 23.7 Å². The maximum absolute atomic E-state index is 13.5. The number of hydrogen-bond acceptors (Lipinski definition) is 5. The van der Waals surface area contributed by atoms with Gasteiger partial charge in [-0.3, -0.25) is 19.5 Å². The van der Waals surface area contributed by atoms with Crippen molar-refractivity contribution in [3.05, 3.63) is 101 Å². The largest absolute Gasteiger partial charge is 0.490 e. The van der Waals surface area contributed by atoms with Crippen molar-refractivity contribution in [2.24, 2.45) is 5.92 Å². The van der Waals surface area contributed by atoms with Gasteiger partial charge in [0.1, 0.15) is 29.2 Å². The van der Waals surface area contributed by atoms with Gasteiger partial charge in [0.15, 0.2) is 11.5 Å². The third-order valence-corrected chi connectivity index (χ3v) is 7.81. The Morgan fingerprint density at radius 2 is 1.61 bits per heavy atom. The lowest BCUT2D eigenvalue weighted by atomic mass is 9.90. The van der Waals surface area contributed by atoms with Gasteiger partial charge in [0.25, 0.3) is 5.91 Å². The molecule has 2 aliphatic rings. The second-order valence-electron chi connectivity index (χ2n) is 10.8. The Labute approximate surface area is 238 Å². The molecule has 3 heterocycles. The summed E-state index contributed by atoms with van der Waals surface area (Å²) in [7, 11) is 0. The van der Waals surface area contributed by atoms with Gasteiger partial charge in [-0.15, -0.1) is 0 Å². The number of Topliss-reactive ketones (excluding diaryl/α,β-unsaturated/α-hetero) is 1. The van der Waals surface area contributed by atoms with Gasteiger partial charge in [0.2, 0.25) is 0 Å². The summed E-state index contributed by atoms with van der Waals surface area (Å²) < 4.78 is 33.0. The molecule has 7 nitrogen and oxygen atoms in total. The summed E-state index contributed by atoms with van der Waals surface area (Å²) in [4.78, 5) is 37.5. The van der Waals surface area contributed by atoms with Gasteiger partial charge in [0, 0.05) is 56.7 Å². The molecule has 2 saturated heterocycles. The minimum absolute atomic E-state index is 0.00185. The van der Waals surface area contributed by atoms with Crippen molar-refractivity contribution in [1.29, 1.82) is 0 Å². The number of pyridine rings is 1. The van der Waals surface area contributed by atoms with Gasteiger partial charge in [-0.25, -0.2) is 13.6 Å². The van der Waals surface area contributed by atoms with E-state index < -0.39 is 11.6 Å². The first-order valence-electron chi connectivity index (χ1n) is 14.0. The predicted molar refractivity (Wildman–Crippen MR) is 150 cm³/mol. The number of piperidine rings is 2. The number of amides is 1. The number of benzene rings is 2. The third-order valence-electron chi connectivity index (χ3n) is 7.81. The molecular weight excluding hydrogens is 526 g/mol. The molecule has 0 aliphatic carbocycles. The molecule has 5 rings (SSSR count). The number of ether oxygens (including phenoxy) is 1. The SMILES string of the molecule is [C-]#[N+]c1ccc(OC2CCN(C(=O)c3ccc(C(=O)CC4CCN(Cc5cc(F)cc(F)c5)CC4)cn3)CC2)cc1. The molecule has 0 bridgehead atoms. The van der Waals surface area contributed by atoms with Gasteiger partial charge in [-0.2, -0.15) is 0 Å². The van der Waals surface area contributed by atoms with Crippen molar-refractivity contribution >= 4 is 17.4 Å². The van der Waals surface area contributed by atoms with Crippen molar-refractivity contribution in [3.8, 4) is 5.75 Å². The third kappa shape index (κ3) is 7.53. The topological polar surface area (TPSA) is 67.1 Å². The Hall–Kier alpha value is -4.16. The second kappa shape index (κ2) is 13.0. The highest BCUT2D eigenvalue weighted by molar-refractivity contribution is 5.97. The minimum Gasteiger partial charge on any atom is -0.490 e. The summed E-state index contributed by atoms with van der Waals surface area (Å²) in [5.41, 5.74) is 1.99. The lowest BCUT2D eigenvalue weighted by Crippen LogP contribution is -2.42. The Morgan fingerprint density at radius 3 is 2.22 bits per heavy atom. The maximum Gasteiger partial charge on any atom is 0.272 e. The lowest BCUT2D eigenvalue weighted by Gasteiger charge is -2.32. The number of nitrogens with zero attached hydrogens (tertiary/aromatic N) is 4. The van der Waals surface area contributed by atoms with Gasteiger partial charge < -0.3 is 9.64 Å². The van der Waals surface area contributed by atoms with E-state index in [1.807, 2.05) is 0 Å². The average Bonchev–Trinajstić information content (AvgIpc) is 2.98. The summed E-state index contributed by atoms with van der Waals surface area (Å²) in [6, 6.07) is 13.9. The van der Waals surface area contributed by atoms with Crippen molar-refractivity contribution < 1.29 is 23.1 Å². The number of carbonyl (C=O) groups is 2. The average molecular weight is 559 g/mol. The van der Waals surface area contributed by atoms with Crippen LogP contribution in [0.15, 0.2) is 60.8 Å². The van der Waals surface area contributed by atoms with E-state index in [1.54, 1.807) is 41.3 Å². The van der Waals surface area contributed by atoms with E-state index in [0.29, 0.717) is 61.4 Å². The Balaban J connectivity index is 1.06. The number of halogens is 2. The van der Waals surface area contributed by atoms with Crippen molar-refractivity contribution in [2.45, 2.75) is 44.8 Å². The Bertz CT molecular complexity index is 1390. The van der Waals surface area contributed by atoms with Crippen LogP contribution in [0.2, 0.25) is 0 Å². The second-order valence-corrected chi connectivity index (χ2v) is 10.8. The fraction of sp³-hybridized carbons (Fsp3) is 0.375. The highest BCUT2D eigenvalue weighted by atomic mass is 19.1. The van der Waals surface area contributed by atoms with Gasteiger partial charge >= 0.3 is 0 Å². The van der Waals surface area contributed by atoms with Crippen molar-refractivity contribution in [3.63, 3.8) is 0 Å². The minimum atomic E-state index is -0.571. The summed E-state index contributed by atoms with van der Waals surface area (Å²) in [6.45, 7) is 10.2. The summed E-state index contributed by atoms with van der Waals surface area (Å²) >= 11 is 0. The van der Waals surface area contributed by atoms with Crippen LogP contribution in [0.5, 0.6) is 5.75 Å². The summed E-state index contributed by atoms with van der Waals surface area (Å²) in [5.74, 6) is -0.344. The molecule has 0 spiro atoms. The van der Waals surface area contributed by atoms with Crippen LogP contribution in [0, 0.1) is 24.1 Å². The van der Waals surface area contributed by atoms with Gasteiger partial charge in [0.05, 0.1) is 6.57 Å². The van der Waals surface area contributed by atoms with Crippen LogP contribution in [-0.4, -0.2) is 58.8 Å². The molecule has 0 atom stereocenters. The molecule has 41 heavy (non-hydrogen) atoms. The van der Waals surface area contributed by atoms with Crippen molar-refractivity contribution in [1.82, 2.24) is 14.8 Å². The molecule has 0 unspecified atom stereocenters. The molecule has 1 aromatic heterocycles. The number of hydrogen-bond donors (Lipinski definition) is 0. The fourth-order valence-electron chi connectivity index (χ4n) is 5.50. The summed E-state index contributed by atoms with van der Waals surface area (Å²) in [6.07, 6.45) is 4.97. The van der Waals surface area contributed by atoms with E-state index in [4.69, 9.17) is 11.3 Å². The lowest BCUT2D eigenvalue weighted by molar-refractivity contribution is 0.0589. The van der Waals surface area contributed by atoms with E-state index in [1.165, 1.54) is 18.3 Å². The van der Waals surface area contributed by atoms with Crippen molar-refractivity contribution in [2.75, 3.05) is 26.2 Å². The highest BCUT2D eigenvalue weighted by Gasteiger charge is 2.26. The Morgan fingerprint density at radius 1 is 0.927 bits per heavy atom. The molecule has 2 fully saturated rings. The van der Waals surface area contributed by atoms with E-state index in [2.05, 4.69) is 14.7 Å². The number of aromatic nitrogens is 1. The highest BCUT2D eigenvalue weighted by Crippen LogP contribution is 2.25. The smallest absolute Gasteiger partial charge is 0.272 e. The molecule has 3 aromatic rings. The fourth-order valence-corrected chi connectivity index (χ4v) is 5.50. The van der Waals surface area contributed by atoms with Gasteiger partial charge in [-0.1, -0.05) is 12.1 Å². The predicted octanol–water partition coefficient (Wildman–Crippen LogP) is 6.08. The first-order chi connectivity index (χ1) is 19.9. The molecule has 0 N–H and O–H groups in total. The van der Waals surface area contributed by atoms with E-state index in [0.717, 1.165) is 37.7 Å². The van der Waals surface area contributed by atoms with Crippen LogP contribution in [0.1, 0.15) is 58.5 Å². The Kier molecular flexibility index (Phi) is 9.00. The number of ketones is 1. The zero-order valence-corrected chi connectivity index (χ0v) is 22.8. The first-order valence-corrected chi connectivity index (χ1v) is 14.0. The number of likely N-dealkylation sites (tertiary alicyclic amines) is 2. The quantitative estimate of drug-likeness (QED) is 0.248. The van der Waals surface area contributed by atoms with Crippen LogP contribution in [-0.2, 0) is 6.54 Å². The standard InChI is InChI=1S/C32H32F2N4O3/c1-35-27-3-5-28(6-4-27)41-29-10-14-38(15-11-29)32(40)30-7-2-24(20-36-30)31(39)18-22-8-12-37(13-9-22)21-23-16-25(33)19-26(34)17-23/h2-7,16-17,19-20,22,29H,8-15,18,21H2. The molecular formula is C32H32F2N4O3. The maximum atomic E-state index is 13.5. The van der Waals surface area contributed by atoms with Crippen LogP contribution in [0.3, 0.4) is 0 Å². The molecule has 2 aromatic carbocycles. The normalized spacial score (nSPS) is 16.8. The van der Waals surface area contributed by atoms with Crippen LogP contribution < -0.4 is 4.74 Å². The monoisotopic (exact) mass is 558 g/mol.